The van der Waals surface area contributed by atoms with Crippen LogP contribution in [-0.4, -0.2) is 0 Å². The van der Waals surface area contributed by atoms with Crippen molar-refractivity contribution in [2.45, 2.75) is 51.4 Å². The Labute approximate surface area is 87.8 Å². The highest BCUT2D eigenvalue weighted by molar-refractivity contribution is 5.07. The van der Waals surface area contributed by atoms with Gasteiger partial charge in [0.25, 0.3) is 0 Å². The fourth-order valence-corrected chi connectivity index (χ4v) is 4.20. The minimum Gasteiger partial charge on any atom is -0.0848 e. The molecular formula is C14H22. The molecule has 3 rings (SSSR count). The van der Waals surface area contributed by atoms with Crippen LogP contribution < -0.4 is 0 Å². The maximum Gasteiger partial charge on any atom is -0.0202 e. The predicted octanol–water partition coefficient (Wildman–Crippen LogP) is 4.17. The van der Waals surface area contributed by atoms with Crippen molar-refractivity contribution in [3.63, 3.8) is 0 Å². The third kappa shape index (κ3) is 1.43. The fraction of sp³-hybridized carbons (Fsp3) is 0.857. The standard InChI is InChI=1S/C14H22/c1-3-7-13-11(5-1)9-10-12-6-2-4-8-14(12)13/h9-14H,1-8H2/t11-,12-,13-,14-/m1/s1. The van der Waals surface area contributed by atoms with Crippen molar-refractivity contribution in [3.05, 3.63) is 12.2 Å². The fourth-order valence-electron chi connectivity index (χ4n) is 4.20. The second-order valence-electron chi connectivity index (χ2n) is 5.61. The lowest BCUT2D eigenvalue weighted by atomic mass is 9.61. The zero-order valence-corrected chi connectivity index (χ0v) is 9.12. The van der Waals surface area contributed by atoms with Gasteiger partial charge >= 0.3 is 0 Å². The van der Waals surface area contributed by atoms with Crippen molar-refractivity contribution in [1.82, 2.24) is 0 Å². The smallest absolute Gasteiger partial charge is 0.0202 e. The molecule has 0 aromatic heterocycles. The molecule has 0 amide bonds. The lowest BCUT2D eigenvalue weighted by Crippen LogP contribution is -2.35. The molecule has 0 aliphatic heterocycles. The van der Waals surface area contributed by atoms with E-state index in [1.807, 2.05) is 0 Å². The normalized spacial score (nSPS) is 46.9. The first-order valence-electron chi connectivity index (χ1n) is 6.63. The van der Waals surface area contributed by atoms with Gasteiger partial charge in [-0.1, -0.05) is 37.8 Å². The predicted molar refractivity (Wildman–Crippen MR) is 60.0 cm³/mol. The number of fused-ring (bicyclic) bond motifs is 3. The monoisotopic (exact) mass is 190 g/mol. The molecule has 4 atom stereocenters. The first kappa shape index (κ1) is 9.00. The van der Waals surface area contributed by atoms with E-state index in [2.05, 4.69) is 12.2 Å². The molecule has 0 nitrogen and oxygen atoms in total. The van der Waals surface area contributed by atoms with Crippen LogP contribution in [0.25, 0.3) is 0 Å². The van der Waals surface area contributed by atoms with Crippen LogP contribution in [0.5, 0.6) is 0 Å². The molecule has 78 valence electrons. The second-order valence-corrected chi connectivity index (χ2v) is 5.61. The van der Waals surface area contributed by atoms with Crippen LogP contribution in [0.4, 0.5) is 0 Å². The summed E-state index contributed by atoms with van der Waals surface area (Å²) in [5, 5.41) is 0. The molecule has 0 heteroatoms. The van der Waals surface area contributed by atoms with Crippen molar-refractivity contribution in [3.8, 4) is 0 Å². The number of hydrogen-bond acceptors (Lipinski definition) is 0. The Kier molecular flexibility index (Phi) is 2.39. The molecule has 14 heavy (non-hydrogen) atoms. The minimum absolute atomic E-state index is 0.975. The molecular weight excluding hydrogens is 168 g/mol. The third-order valence-electron chi connectivity index (χ3n) is 4.91. The average molecular weight is 190 g/mol. The molecule has 0 N–H and O–H groups in total. The van der Waals surface area contributed by atoms with Gasteiger partial charge in [-0.3, -0.25) is 0 Å². The Balaban J connectivity index is 1.82. The highest BCUT2D eigenvalue weighted by Gasteiger charge is 2.37. The first-order chi connectivity index (χ1) is 6.95. The molecule has 2 saturated carbocycles. The molecule has 2 fully saturated rings. The molecule has 0 bridgehead atoms. The molecule has 3 aliphatic carbocycles. The Hall–Kier alpha value is -0.260. The van der Waals surface area contributed by atoms with Crippen LogP contribution in [0.15, 0.2) is 12.2 Å². The van der Waals surface area contributed by atoms with Gasteiger partial charge < -0.3 is 0 Å². The molecule has 0 aromatic rings. The highest BCUT2D eigenvalue weighted by atomic mass is 14.4. The van der Waals surface area contributed by atoms with Crippen LogP contribution in [0.3, 0.4) is 0 Å². The van der Waals surface area contributed by atoms with E-state index in [1.54, 1.807) is 0 Å². The Morgan fingerprint density at radius 3 is 1.50 bits per heavy atom. The summed E-state index contributed by atoms with van der Waals surface area (Å²) in [6.07, 6.45) is 17.2. The average Bonchev–Trinajstić information content (AvgIpc) is 2.29. The van der Waals surface area contributed by atoms with Gasteiger partial charge in [0.15, 0.2) is 0 Å². The van der Waals surface area contributed by atoms with Gasteiger partial charge in [-0.2, -0.15) is 0 Å². The summed E-state index contributed by atoms with van der Waals surface area (Å²) in [6, 6.07) is 0. The Morgan fingerprint density at radius 2 is 1.00 bits per heavy atom. The third-order valence-corrected chi connectivity index (χ3v) is 4.91. The van der Waals surface area contributed by atoms with E-state index in [0.29, 0.717) is 0 Å². The van der Waals surface area contributed by atoms with E-state index in [-0.39, 0.29) is 0 Å². The van der Waals surface area contributed by atoms with Crippen LogP contribution in [0.1, 0.15) is 51.4 Å². The zero-order chi connectivity index (χ0) is 9.38. The lowest BCUT2D eigenvalue weighted by Gasteiger charge is -2.44. The van der Waals surface area contributed by atoms with Gasteiger partial charge in [-0.05, 0) is 49.4 Å². The Bertz CT molecular complexity index is 204. The molecule has 0 aromatic carbocycles. The second kappa shape index (κ2) is 3.72. The Morgan fingerprint density at radius 1 is 0.571 bits per heavy atom. The summed E-state index contributed by atoms with van der Waals surface area (Å²) < 4.78 is 0. The van der Waals surface area contributed by atoms with E-state index in [4.69, 9.17) is 0 Å². The number of rotatable bonds is 0. The lowest BCUT2D eigenvalue weighted by molar-refractivity contribution is 0.108. The molecule has 0 radical (unpaired) electrons. The van der Waals surface area contributed by atoms with E-state index in [1.165, 1.54) is 51.4 Å². The maximum absolute atomic E-state index is 2.58. The van der Waals surface area contributed by atoms with Gasteiger partial charge in [0, 0.05) is 0 Å². The van der Waals surface area contributed by atoms with Crippen LogP contribution in [0, 0.1) is 23.7 Å². The summed E-state index contributed by atoms with van der Waals surface area (Å²) in [6.45, 7) is 0. The van der Waals surface area contributed by atoms with Gasteiger partial charge in [-0.15, -0.1) is 0 Å². The zero-order valence-electron chi connectivity index (χ0n) is 9.12. The van der Waals surface area contributed by atoms with E-state index in [9.17, 15) is 0 Å². The van der Waals surface area contributed by atoms with Crippen LogP contribution >= 0.6 is 0 Å². The van der Waals surface area contributed by atoms with Crippen molar-refractivity contribution in [2.24, 2.45) is 23.7 Å². The van der Waals surface area contributed by atoms with Gasteiger partial charge in [0.1, 0.15) is 0 Å². The van der Waals surface area contributed by atoms with E-state index < -0.39 is 0 Å². The van der Waals surface area contributed by atoms with Crippen LogP contribution in [0.2, 0.25) is 0 Å². The molecule has 0 unspecified atom stereocenters. The van der Waals surface area contributed by atoms with E-state index in [0.717, 1.165) is 23.7 Å². The molecule has 0 heterocycles. The van der Waals surface area contributed by atoms with Crippen molar-refractivity contribution >= 4 is 0 Å². The first-order valence-corrected chi connectivity index (χ1v) is 6.63. The summed E-state index contributed by atoms with van der Waals surface area (Å²) in [7, 11) is 0. The summed E-state index contributed by atoms with van der Waals surface area (Å²) >= 11 is 0. The summed E-state index contributed by atoms with van der Waals surface area (Å²) in [5.74, 6) is 4.12. The van der Waals surface area contributed by atoms with Gasteiger partial charge in [0.05, 0.1) is 0 Å². The van der Waals surface area contributed by atoms with E-state index >= 15 is 0 Å². The van der Waals surface area contributed by atoms with Crippen molar-refractivity contribution in [1.29, 1.82) is 0 Å². The number of hydrogen-bond donors (Lipinski definition) is 0. The topological polar surface area (TPSA) is 0 Å². The SMILES string of the molecule is C1=C[C@H]2CCCC[C@H]2[C@@H]2CCCC[C@H]12. The van der Waals surface area contributed by atoms with Gasteiger partial charge in [0.2, 0.25) is 0 Å². The van der Waals surface area contributed by atoms with Crippen molar-refractivity contribution in [2.75, 3.05) is 0 Å². The highest BCUT2D eigenvalue weighted by Crippen LogP contribution is 2.48. The van der Waals surface area contributed by atoms with Crippen molar-refractivity contribution < 1.29 is 0 Å². The van der Waals surface area contributed by atoms with Gasteiger partial charge in [-0.25, -0.2) is 0 Å². The summed E-state index contributed by atoms with van der Waals surface area (Å²) in [4.78, 5) is 0. The van der Waals surface area contributed by atoms with Crippen LogP contribution in [-0.2, 0) is 0 Å². The number of allylic oxidation sites excluding steroid dienone is 2. The quantitative estimate of drug-likeness (QED) is 0.503. The minimum atomic E-state index is 0.975. The summed E-state index contributed by atoms with van der Waals surface area (Å²) in [5.41, 5.74) is 0. The molecule has 3 aliphatic rings. The largest absolute Gasteiger partial charge is 0.0848 e. The maximum atomic E-state index is 2.58. The molecule has 0 spiro atoms. The molecule has 0 saturated heterocycles.